The van der Waals surface area contributed by atoms with Gasteiger partial charge in [0.05, 0.1) is 13.3 Å². The second kappa shape index (κ2) is 4.99. The van der Waals surface area contributed by atoms with Crippen molar-refractivity contribution in [3.8, 4) is 5.75 Å². The van der Waals surface area contributed by atoms with Gasteiger partial charge in [-0.3, -0.25) is 4.39 Å². The molecule has 0 saturated heterocycles. The lowest BCUT2D eigenvalue weighted by Gasteiger charge is -2.08. The molecule has 1 heterocycles. The van der Waals surface area contributed by atoms with Crippen molar-refractivity contribution < 1.29 is 13.5 Å². The zero-order valence-electron chi connectivity index (χ0n) is 9.48. The molecule has 0 spiro atoms. The Hall–Kier alpha value is -1.84. The molecule has 1 aromatic carbocycles. The fraction of sp³-hybridized carbons (Fsp3) is 0.308. The molecule has 0 saturated carbocycles. The number of fused-ring (bicyclic) bond motifs is 1. The summed E-state index contributed by atoms with van der Waals surface area (Å²) in [4.78, 5) is 11.5. The predicted octanol–water partition coefficient (Wildman–Crippen LogP) is 2.78. The lowest BCUT2D eigenvalue weighted by molar-refractivity contribution is 0.222. The van der Waals surface area contributed by atoms with Gasteiger partial charge < -0.3 is 9.15 Å². The van der Waals surface area contributed by atoms with E-state index in [2.05, 4.69) is 0 Å². The van der Waals surface area contributed by atoms with Gasteiger partial charge in [0.2, 0.25) is 5.75 Å². The quantitative estimate of drug-likeness (QED) is 0.766. The normalized spacial score (nSPS) is 12.6. The Morgan fingerprint density at radius 1 is 1.41 bits per heavy atom. The van der Waals surface area contributed by atoms with Crippen LogP contribution in [0.5, 0.6) is 5.75 Å². The van der Waals surface area contributed by atoms with Crippen LogP contribution in [-0.4, -0.2) is 13.3 Å². The highest BCUT2D eigenvalue weighted by Gasteiger charge is 2.08. The molecule has 0 amide bonds. The van der Waals surface area contributed by atoms with Gasteiger partial charge in [-0.1, -0.05) is 25.1 Å². The number of hydrogen-bond donors (Lipinski definition) is 0. The van der Waals surface area contributed by atoms with Gasteiger partial charge in [-0.25, -0.2) is 4.79 Å². The molecule has 1 aromatic heterocycles. The van der Waals surface area contributed by atoms with E-state index in [1.54, 1.807) is 25.1 Å². The Kier molecular flexibility index (Phi) is 3.42. The summed E-state index contributed by atoms with van der Waals surface area (Å²) in [5.41, 5.74) is -0.0156. The van der Waals surface area contributed by atoms with Crippen LogP contribution in [0.1, 0.15) is 6.92 Å². The summed E-state index contributed by atoms with van der Waals surface area (Å²) < 4.78 is 22.6. The SMILES string of the molecule is CC(CF)COc1cc2ccccc2oc1=O. The Balaban J connectivity index is 2.28. The number of alkyl halides is 1. The van der Waals surface area contributed by atoms with Gasteiger partial charge in [-0.2, -0.15) is 0 Å². The molecule has 1 atom stereocenters. The van der Waals surface area contributed by atoms with Crippen molar-refractivity contribution in [1.82, 2.24) is 0 Å². The van der Waals surface area contributed by atoms with Crippen molar-refractivity contribution in [2.75, 3.05) is 13.3 Å². The summed E-state index contributed by atoms with van der Waals surface area (Å²) in [5.74, 6) is -0.107. The van der Waals surface area contributed by atoms with Gasteiger partial charge in [-0.15, -0.1) is 0 Å². The lowest BCUT2D eigenvalue weighted by Crippen LogP contribution is -2.14. The van der Waals surface area contributed by atoms with Crippen molar-refractivity contribution in [2.24, 2.45) is 5.92 Å². The fourth-order valence-electron chi connectivity index (χ4n) is 1.42. The van der Waals surface area contributed by atoms with Crippen molar-refractivity contribution in [3.05, 3.63) is 40.8 Å². The molecular formula is C13H13FO3. The summed E-state index contributed by atoms with van der Waals surface area (Å²) in [5, 5.41) is 0.787. The number of hydrogen-bond acceptors (Lipinski definition) is 3. The fourth-order valence-corrected chi connectivity index (χ4v) is 1.42. The second-order valence-corrected chi connectivity index (χ2v) is 4.01. The Morgan fingerprint density at radius 3 is 2.94 bits per heavy atom. The minimum absolute atomic E-state index is 0.129. The molecule has 0 aliphatic rings. The van der Waals surface area contributed by atoms with Crippen molar-refractivity contribution >= 4 is 11.0 Å². The zero-order chi connectivity index (χ0) is 12.3. The van der Waals surface area contributed by atoms with E-state index in [4.69, 9.17) is 9.15 Å². The molecule has 3 nitrogen and oxygen atoms in total. The summed E-state index contributed by atoms with van der Waals surface area (Å²) in [6, 6.07) is 8.79. The summed E-state index contributed by atoms with van der Waals surface area (Å²) in [6.07, 6.45) is 0. The summed E-state index contributed by atoms with van der Waals surface area (Å²) >= 11 is 0. The molecule has 0 N–H and O–H groups in total. The molecule has 0 fully saturated rings. The average molecular weight is 236 g/mol. The van der Waals surface area contributed by atoms with E-state index >= 15 is 0 Å². The zero-order valence-corrected chi connectivity index (χ0v) is 9.48. The third-order valence-electron chi connectivity index (χ3n) is 2.40. The van der Waals surface area contributed by atoms with E-state index in [9.17, 15) is 9.18 Å². The minimum Gasteiger partial charge on any atom is -0.486 e. The highest BCUT2D eigenvalue weighted by molar-refractivity contribution is 5.77. The van der Waals surface area contributed by atoms with Crippen LogP contribution in [0.4, 0.5) is 4.39 Å². The Morgan fingerprint density at radius 2 is 2.18 bits per heavy atom. The number of ether oxygens (including phenoxy) is 1. The summed E-state index contributed by atoms with van der Waals surface area (Å²) in [7, 11) is 0. The first-order valence-electron chi connectivity index (χ1n) is 5.42. The number of benzene rings is 1. The maximum atomic E-state index is 12.3. The maximum Gasteiger partial charge on any atom is 0.379 e. The lowest BCUT2D eigenvalue weighted by atomic mass is 10.2. The predicted molar refractivity (Wildman–Crippen MR) is 63.1 cm³/mol. The third-order valence-corrected chi connectivity index (χ3v) is 2.40. The van der Waals surface area contributed by atoms with Crippen LogP contribution >= 0.6 is 0 Å². The van der Waals surface area contributed by atoms with Crippen LogP contribution < -0.4 is 10.4 Å². The van der Waals surface area contributed by atoms with E-state index in [0.717, 1.165) is 5.39 Å². The molecule has 1 unspecified atom stereocenters. The van der Waals surface area contributed by atoms with E-state index in [1.165, 1.54) is 0 Å². The van der Waals surface area contributed by atoms with Gasteiger partial charge >= 0.3 is 5.63 Å². The first kappa shape index (κ1) is 11.6. The molecule has 4 heteroatoms. The monoisotopic (exact) mass is 236 g/mol. The topological polar surface area (TPSA) is 39.4 Å². The first-order chi connectivity index (χ1) is 8.20. The third kappa shape index (κ3) is 2.64. The smallest absolute Gasteiger partial charge is 0.379 e. The van der Waals surface area contributed by atoms with Crippen molar-refractivity contribution in [1.29, 1.82) is 0 Å². The van der Waals surface area contributed by atoms with Crippen LogP contribution in [0.2, 0.25) is 0 Å². The molecule has 0 radical (unpaired) electrons. The molecule has 0 aliphatic carbocycles. The van der Waals surface area contributed by atoms with E-state index in [-0.39, 0.29) is 18.3 Å². The second-order valence-electron chi connectivity index (χ2n) is 4.01. The van der Waals surface area contributed by atoms with Gasteiger partial charge in [0.25, 0.3) is 0 Å². The van der Waals surface area contributed by atoms with Crippen molar-refractivity contribution in [2.45, 2.75) is 6.92 Å². The number of halogens is 1. The van der Waals surface area contributed by atoms with Gasteiger partial charge in [0.1, 0.15) is 5.58 Å². The average Bonchev–Trinajstić information content (AvgIpc) is 2.35. The van der Waals surface area contributed by atoms with Gasteiger partial charge in [0, 0.05) is 11.3 Å². The van der Waals surface area contributed by atoms with E-state index in [0.29, 0.717) is 5.58 Å². The molecule has 0 bridgehead atoms. The van der Waals surface area contributed by atoms with Gasteiger partial charge in [-0.05, 0) is 12.1 Å². The molecule has 2 aromatic rings. The maximum absolute atomic E-state index is 12.3. The molecule has 2 rings (SSSR count). The van der Waals surface area contributed by atoms with Crippen LogP contribution in [0.3, 0.4) is 0 Å². The minimum atomic E-state index is -0.533. The van der Waals surface area contributed by atoms with Crippen LogP contribution in [0.25, 0.3) is 11.0 Å². The Labute approximate surface area is 97.8 Å². The van der Waals surface area contributed by atoms with Gasteiger partial charge in [0.15, 0.2) is 0 Å². The Bertz CT molecular complexity index is 562. The summed E-state index contributed by atoms with van der Waals surface area (Å²) in [6.45, 7) is 1.40. The first-order valence-corrected chi connectivity index (χ1v) is 5.42. The van der Waals surface area contributed by atoms with Crippen LogP contribution in [0, 0.1) is 5.92 Å². The van der Waals surface area contributed by atoms with E-state index < -0.39 is 12.3 Å². The number of para-hydroxylation sites is 1. The largest absolute Gasteiger partial charge is 0.486 e. The van der Waals surface area contributed by atoms with Crippen LogP contribution in [-0.2, 0) is 0 Å². The molecule has 17 heavy (non-hydrogen) atoms. The van der Waals surface area contributed by atoms with Crippen molar-refractivity contribution in [3.63, 3.8) is 0 Å². The highest BCUT2D eigenvalue weighted by atomic mass is 19.1. The molecule has 0 aliphatic heterocycles. The number of rotatable bonds is 4. The standard InChI is InChI=1S/C13H13FO3/c1-9(7-14)8-16-12-6-10-4-2-3-5-11(10)17-13(12)15/h2-6,9H,7-8H2,1H3. The van der Waals surface area contributed by atoms with Crippen LogP contribution in [0.15, 0.2) is 39.5 Å². The molecular weight excluding hydrogens is 223 g/mol. The molecule has 90 valence electrons. The van der Waals surface area contributed by atoms with E-state index in [1.807, 2.05) is 12.1 Å². The highest BCUT2D eigenvalue weighted by Crippen LogP contribution is 2.16.